The number of alkyl halides is 3. The van der Waals surface area contributed by atoms with E-state index in [0.29, 0.717) is 0 Å². The lowest BCUT2D eigenvalue weighted by atomic mass is 10.2. The van der Waals surface area contributed by atoms with E-state index in [9.17, 15) is 17.6 Å². The second kappa shape index (κ2) is 4.93. The second-order valence-corrected chi connectivity index (χ2v) is 2.30. The molecule has 1 nitrogen and oxygen atoms in total. The maximum atomic E-state index is 12.3. The van der Waals surface area contributed by atoms with E-state index in [4.69, 9.17) is 0 Å². The average Bonchev–Trinajstić information content (AvgIpc) is 2.11. The molecule has 1 rings (SSSR count). The van der Waals surface area contributed by atoms with Gasteiger partial charge in [0.2, 0.25) is 5.95 Å². The van der Waals surface area contributed by atoms with Gasteiger partial charge in [-0.1, -0.05) is 19.9 Å². The molecule has 1 heterocycles. The summed E-state index contributed by atoms with van der Waals surface area (Å²) >= 11 is 0. The molecule has 0 N–H and O–H groups in total. The first-order chi connectivity index (χ1) is 6.41. The van der Waals surface area contributed by atoms with Gasteiger partial charge in [-0.25, -0.2) is 4.98 Å². The standard InChI is InChI=1S/C7H5F4N.C2H6/c1-4-2-3-5(8)12-6(4)7(9,10)11;1-2/h2-3H,1H3;1-2H3. The zero-order valence-electron chi connectivity index (χ0n) is 8.11. The van der Waals surface area contributed by atoms with E-state index < -0.39 is 17.8 Å². The molecule has 0 aliphatic heterocycles. The van der Waals surface area contributed by atoms with Crippen molar-refractivity contribution in [1.29, 1.82) is 0 Å². The van der Waals surface area contributed by atoms with Gasteiger partial charge in [-0.05, 0) is 18.6 Å². The molecule has 14 heavy (non-hydrogen) atoms. The highest BCUT2D eigenvalue weighted by Crippen LogP contribution is 2.29. The van der Waals surface area contributed by atoms with Crippen LogP contribution in [0.25, 0.3) is 0 Å². The molecule has 0 atom stereocenters. The summed E-state index contributed by atoms with van der Waals surface area (Å²) in [6.45, 7) is 5.23. The predicted octanol–water partition coefficient (Wildman–Crippen LogP) is 3.57. The number of hydrogen-bond donors (Lipinski definition) is 0. The smallest absolute Gasteiger partial charge is 0.215 e. The molecule has 0 aliphatic carbocycles. The second-order valence-electron chi connectivity index (χ2n) is 2.30. The fourth-order valence-electron chi connectivity index (χ4n) is 0.792. The predicted molar refractivity (Wildman–Crippen MR) is 45.3 cm³/mol. The summed E-state index contributed by atoms with van der Waals surface area (Å²) in [7, 11) is 0. The Labute approximate surface area is 79.8 Å². The maximum absolute atomic E-state index is 12.3. The molecule has 0 fully saturated rings. The van der Waals surface area contributed by atoms with Gasteiger partial charge in [0.05, 0.1) is 0 Å². The third-order valence-corrected chi connectivity index (χ3v) is 1.33. The van der Waals surface area contributed by atoms with E-state index >= 15 is 0 Å². The monoisotopic (exact) mass is 209 g/mol. The van der Waals surface area contributed by atoms with E-state index in [-0.39, 0.29) is 5.56 Å². The Balaban J connectivity index is 0.000000791. The summed E-state index contributed by atoms with van der Waals surface area (Å²) < 4.78 is 48.3. The quantitative estimate of drug-likeness (QED) is 0.470. The highest BCUT2D eigenvalue weighted by molar-refractivity contribution is 5.20. The molecule has 0 saturated heterocycles. The van der Waals surface area contributed by atoms with Crippen LogP contribution in [0.15, 0.2) is 12.1 Å². The van der Waals surface area contributed by atoms with Crippen LogP contribution in [0.2, 0.25) is 0 Å². The van der Waals surface area contributed by atoms with Crippen LogP contribution in [0.5, 0.6) is 0 Å². The Bertz CT molecular complexity index is 293. The van der Waals surface area contributed by atoms with Crippen molar-refractivity contribution in [2.75, 3.05) is 0 Å². The summed E-state index contributed by atoms with van der Waals surface area (Å²) in [6, 6.07) is 1.94. The Morgan fingerprint density at radius 2 is 1.64 bits per heavy atom. The van der Waals surface area contributed by atoms with Crippen LogP contribution in [0.4, 0.5) is 17.6 Å². The van der Waals surface area contributed by atoms with Gasteiger partial charge in [-0.3, -0.25) is 0 Å². The van der Waals surface area contributed by atoms with E-state index in [0.717, 1.165) is 12.1 Å². The minimum atomic E-state index is -4.58. The Hall–Kier alpha value is -1.13. The maximum Gasteiger partial charge on any atom is 0.433 e. The van der Waals surface area contributed by atoms with Crippen LogP contribution < -0.4 is 0 Å². The van der Waals surface area contributed by atoms with Crippen LogP contribution in [-0.4, -0.2) is 4.98 Å². The molecule has 0 unspecified atom stereocenters. The lowest BCUT2D eigenvalue weighted by molar-refractivity contribution is -0.142. The van der Waals surface area contributed by atoms with Crippen LogP contribution in [0.3, 0.4) is 0 Å². The molecule has 1 aromatic heterocycles. The van der Waals surface area contributed by atoms with Gasteiger partial charge in [-0.15, -0.1) is 0 Å². The van der Waals surface area contributed by atoms with Crippen LogP contribution >= 0.6 is 0 Å². The number of halogens is 4. The molecular weight excluding hydrogens is 198 g/mol. The normalized spacial score (nSPS) is 10.5. The van der Waals surface area contributed by atoms with Crippen molar-refractivity contribution in [3.8, 4) is 0 Å². The van der Waals surface area contributed by atoms with Gasteiger partial charge >= 0.3 is 6.18 Å². The third kappa shape index (κ3) is 3.32. The molecule has 0 spiro atoms. The molecule has 5 heteroatoms. The topological polar surface area (TPSA) is 12.9 Å². The van der Waals surface area contributed by atoms with E-state index in [2.05, 4.69) is 4.98 Å². The Morgan fingerprint density at radius 3 is 2.00 bits per heavy atom. The number of aryl methyl sites for hydroxylation is 1. The largest absolute Gasteiger partial charge is 0.433 e. The minimum Gasteiger partial charge on any atom is -0.215 e. The van der Waals surface area contributed by atoms with Crippen molar-refractivity contribution in [3.05, 3.63) is 29.3 Å². The lowest BCUT2D eigenvalue weighted by Crippen LogP contribution is -2.11. The highest BCUT2D eigenvalue weighted by atomic mass is 19.4. The lowest BCUT2D eigenvalue weighted by Gasteiger charge is -2.07. The van der Waals surface area contributed by atoms with Crippen molar-refractivity contribution in [1.82, 2.24) is 4.98 Å². The van der Waals surface area contributed by atoms with Crippen molar-refractivity contribution in [3.63, 3.8) is 0 Å². The molecule has 0 aliphatic rings. The zero-order valence-corrected chi connectivity index (χ0v) is 8.11. The zero-order chi connectivity index (χ0) is 11.4. The summed E-state index contributed by atoms with van der Waals surface area (Å²) in [4.78, 5) is 2.75. The molecule has 0 aromatic carbocycles. The van der Waals surface area contributed by atoms with Crippen LogP contribution in [0.1, 0.15) is 25.1 Å². The molecular formula is C9H11F4N. The highest BCUT2D eigenvalue weighted by Gasteiger charge is 2.34. The molecule has 1 aromatic rings. The van der Waals surface area contributed by atoms with Gasteiger partial charge in [0.1, 0.15) is 0 Å². The molecule has 0 bridgehead atoms. The van der Waals surface area contributed by atoms with Gasteiger partial charge in [0, 0.05) is 0 Å². The third-order valence-electron chi connectivity index (χ3n) is 1.33. The number of pyridine rings is 1. The summed E-state index contributed by atoms with van der Waals surface area (Å²) in [5.74, 6) is -1.12. The van der Waals surface area contributed by atoms with Crippen molar-refractivity contribution >= 4 is 0 Å². The van der Waals surface area contributed by atoms with Crippen molar-refractivity contribution < 1.29 is 17.6 Å². The van der Waals surface area contributed by atoms with E-state index in [1.54, 1.807) is 0 Å². The SMILES string of the molecule is CC.Cc1ccc(F)nc1C(F)(F)F. The number of nitrogens with zero attached hydrogens (tertiary/aromatic N) is 1. The molecule has 0 amide bonds. The van der Waals surface area contributed by atoms with Crippen LogP contribution in [-0.2, 0) is 6.18 Å². The average molecular weight is 209 g/mol. The minimum absolute atomic E-state index is 0.0797. The van der Waals surface area contributed by atoms with Gasteiger partial charge in [0.25, 0.3) is 0 Å². The molecule has 0 saturated carbocycles. The van der Waals surface area contributed by atoms with Crippen molar-refractivity contribution in [2.45, 2.75) is 26.9 Å². The summed E-state index contributed by atoms with van der Waals surface area (Å²) in [6.07, 6.45) is -4.58. The Kier molecular flexibility index (Phi) is 4.53. The molecule has 80 valence electrons. The van der Waals surface area contributed by atoms with Crippen LogP contribution in [0, 0.1) is 12.9 Å². The van der Waals surface area contributed by atoms with Gasteiger partial charge in [-0.2, -0.15) is 17.6 Å². The number of hydrogen-bond acceptors (Lipinski definition) is 1. The number of rotatable bonds is 0. The fourth-order valence-corrected chi connectivity index (χ4v) is 0.792. The fraction of sp³-hybridized carbons (Fsp3) is 0.444. The van der Waals surface area contributed by atoms with Gasteiger partial charge in [0.15, 0.2) is 5.69 Å². The first-order valence-electron chi connectivity index (χ1n) is 4.11. The Morgan fingerprint density at radius 1 is 1.14 bits per heavy atom. The van der Waals surface area contributed by atoms with E-state index in [1.807, 2.05) is 13.8 Å². The summed E-state index contributed by atoms with van der Waals surface area (Å²) in [5.41, 5.74) is -1.24. The van der Waals surface area contributed by atoms with E-state index in [1.165, 1.54) is 6.92 Å². The molecule has 0 radical (unpaired) electrons. The number of aromatic nitrogens is 1. The summed E-state index contributed by atoms with van der Waals surface area (Å²) in [5, 5.41) is 0. The first-order valence-corrected chi connectivity index (χ1v) is 4.11. The first kappa shape index (κ1) is 12.9. The van der Waals surface area contributed by atoms with Gasteiger partial charge < -0.3 is 0 Å². The van der Waals surface area contributed by atoms with Crippen molar-refractivity contribution in [2.24, 2.45) is 0 Å².